The van der Waals surface area contributed by atoms with E-state index in [2.05, 4.69) is 0 Å². The Balaban J connectivity index is 2.51. The number of amides is 1. The molecule has 0 radical (unpaired) electrons. The third-order valence-corrected chi connectivity index (χ3v) is 4.19. The van der Waals surface area contributed by atoms with Gasteiger partial charge in [-0.25, -0.2) is 4.79 Å². The highest BCUT2D eigenvalue weighted by Gasteiger charge is 2.30. The Hall–Kier alpha value is -1.49. The van der Waals surface area contributed by atoms with Crippen LogP contribution in [0, 0.1) is 13.8 Å². The largest absolute Gasteiger partial charge is 0.474 e. The van der Waals surface area contributed by atoms with Crippen molar-refractivity contribution in [2.24, 2.45) is 0 Å². The van der Waals surface area contributed by atoms with E-state index in [1.807, 2.05) is 32.9 Å². The van der Waals surface area contributed by atoms with Crippen LogP contribution in [0.15, 0.2) is 17.0 Å². The molecule has 1 aromatic carbocycles. The number of fused-ring (bicyclic) bond motifs is 1. The number of nitrogens with zero attached hydrogens (tertiary/aromatic N) is 1. The Labute approximate surface area is 110 Å². The number of benzene rings is 1. The third-order valence-electron chi connectivity index (χ3n) is 3.06. The Kier molecular flexibility index (Phi) is 3.34. The Morgan fingerprint density at radius 1 is 1.33 bits per heavy atom. The summed E-state index contributed by atoms with van der Waals surface area (Å²) in [6, 6.07) is 3.91. The molecule has 18 heavy (non-hydrogen) atoms. The van der Waals surface area contributed by atoms with Crippen molar-refractivity contribution in [1.29, 1.82) is 0 Å². The number of hydrogen-bond donors (Lipinski definition) is 1. The molecule has 1 aromatic rings. The van der Waals surface area contributed by atoms with E-state index in [1.54, 1.807) is 11.8 Å². The SMILES string of the molecule is Cc1cc2c(cc1C)N(C(=O)C(=O)O)CC(C)S2. The number of anilines is 1. The second-order valence-corrected chi connectivity index (χ2v) is 6.03. The standard InChI is InChI=1S/C13H15NO3S/c1-7-4-10-11(5-8(7)2)18-9(3)6-14(10)12(15)13(16)17/h4-5,9H,6H2,1-3H3,(H,16,17). The third kappa shape index (κ3) is 2.22. The molecule has 0 bridgehead atoms. The molecule has 1 unspecified atom stereocenters. The first-order chi connectivity index (χ1) is 8.40. The average Bonchev–Trinajstić information content (AvgIpc) is 2.29. The van der Waals surface area contributed by atoms with Crippen LogP contribution in [0.2, 0.25) is 0 Å². The Morgan fingerprint density at radius 2 is 1.94 bits per heavy atom. The minimum Gasteiger partial charge on any atom is -0.474 e. The lowest BCUT2D eigenvalue weighted by molar-refractivity contribution is -0.148. The molecule has 1 N–H and O–H groups in total. The molecule has 96 valence electrons. The summed E-state index contributed by atoms with van der Waals surface area (Å²) in [7, 11) is 0. The number of carboxylic acids is 1. The highest BCUT2D eigenvalue weighted by Crippen LogP contribution is 2.39. The van der Waals surface area contributed by atoms with Gasteiger partial charge in [-0.2, -0.15) is 0 Å². The number of aliphatic carboxylic acids is 1. The van der Waals surface area contributed by atoms with Gasteiger partial charge in [-0.05, 0) is 37.1 Å². The second kappa shape index (κ2) is 4.65. The highest BCUT2D eigenvalue weighted by atomic mass is 32.2. The maximum Gasteiger partial charge on any atom is 0.394 e. The van der Waals surface area contributed by atoms with Crippen molar-refractivity contribution in [1.82, 2.24) is 0 Å². The van der Waals surface area contributed by atoms with Crippen molar-refractivity contribution in [2.75, 3.05) is 11.4 Å². The number of aryl methyl sites for hydroxylation is 2. The highest BCUT2D eigenvalue weighted by molar-refractivity contribution is 8.00. The number of carboxylic acid groups (broad SMARTS) is 1. The zero-order valence-electron chi connectivity index (χ0n) is 10.6. The van der Waals surface area contributed by atoms with Crippen molar-refractivity contribution in [2.45, 2.75) is 30.9 Å². The number of carbonyl (C=O) groups is 2. The lowest BCUT2D eigenvalue weighted by atomic mass is 10.1. The number of thioether (sulfide) groups is 1. The molecule has 0 spiro atoms. The summed E-state index contributed by atoms with van der Waals surface area (Å²) < 4.78 is 0. The molecule has 1 atom stereocenters. The van der Waals surface area contributed by atoms with Crippen LogP contribution in [0.25, 0.3) is 0 Å². The zero-order valence-corrected chi connectivity index (χ0v) is 11.4. The number of carbonyl (C=O) groups excluding carboxylic acids is 1. The van der Waals surface area contributed by atoms with Crippen LogP contribution in [0.4, 0.5) is 5.69 Å². The lowest BCUT2D eigenvalue weighted by Gasteiger charge is -2.32. The van der Waals surface area contributed by atoms with Gasteiger partial charge in [0.25, 0.3) is 0 Å². The van der Waals surface area contributed by atoms with Crippen molar-refractivity contribution >= 4 is 29.3 Å². The molecule has 1 heterocycles. The predicted molar refractivity (Wildman–Crippen MR) is 71.2 cm³/mol. The summed E-state index contributed by atoms with van der Waals surface area (Å²) in [4.78, 5) is 24.9. The van der Waals surface area contributed by atoms with Crippen LogP contribution in [0.5, 0.6) is 0 Å². The first kappa shape index (κ1) is 13.0. The fourth-order valence-electron chi connectivity index (χ4n) is 2.00. The molecule has 5 heteroatoms. The lowest BCUT2D eigenvalue weighted by Crippen LogP contribution is -2.42. The van der Waals surface area contributed by atoms with Gasteiger partial charge in [0.05, 0.1) is 5.69 Å². The van der Waals surface area contributed by atoms with Crippen molar-refractivity contribution in [3.63, 3.8) is 0 Å². The van der Waals surface area contributed by atoms with Crippen LogP contribution in [0.1, 0.15) is 18.1 Å². The van der Waals surface area contributed by atoms with Crippen LogP contribution in [-0.2, 0) is 9.59 Å². The van der Waals surface area contributed by atoms with E-state index in [4.69, 9.17) is 5.11 Å². The first-order valence-corrected chi connectivity index (χ1v) is 6.61. The average molecular weight is 265 g/mol. The minimum atomic E-state index is -1.40. The molecule has 0 saturated carbocycles. The van der Waals surface area contributed by atoms with Gasteiger partial charge >= 0.3 is 11.9 Å². The quantitative estimate of drug-likeness (QED) is 0.731. The van der Waals surface area contributed by atoms with E-state index in [0.717, 1.165) is 16.0 Å². The molecule has 2 rings (SSSR count). The molecule has 1 aliphatic heterocycles. The summed E-state index contributed by atoms with van der Waals surface area (Å²) >= 11 is 1.68. The van der Waals surface area contributed by atoms with Crippen LogP contribution in [0.3, 0.4) is 0 Å². The molecule has 4 nitrogen and oxygen atoms in total. The minimum absolute atomic E-state index is 0.197. The van der Waals surface area contributed by atoms with Gasteiger partial charge in [0.2, 0.25) is 0 Å². The Bertz CT molecular complexity index is 527. The van der Waals surface area contributed by atoms with E-state index >= 15 is 0 Å². The second-order valence-electron chi connectivity index (χ2n) is 4.55. The van der Waals surface area contributed by atoms with Crippen molar-refractivity contribution in [3.05, 3.63) is 23.3 Å². The topological polar surface area (TPSA) is 57.6 Å². The van der Waals surface area contributed by atoms with Gasteiger partial charge in [-0.1, -0.05) is 6.92 Å². The summed E-state index contributed by atoms with van der Waals surface area (Å²) in [5, 5.41) is 9.07. The Morgan fingerprint density at radius 3 is 2.56 bits per heavy atom. The zero-order chi connectivity index (χ0) is 13.4. The summed E-state index contributed by atoms with van der Waals surface area (Å²) in [5.41, 5.74) is 2.93. The molecule has 0 aromatic heterocycles. The summed E-state index contributed by atoms with van der Waals surface area (Å²) in [6.45, 7) is 6.40. The maximum absolute atomic E-state index is 11.7. The molecule has 1 aliphatic rings. The van der Waals surface area contributed by atoms with E-state index in [0.29, 0.717) is 12.2 Å². The predicted octanol–water partition coefficient (Wildman–Crippen LogP) is 2.22. The fraction of sp³-hybridized carbons (Fsp3) is 0.385. The van der Waals surface area contributed by atoms with Crippen LogP contribution < -0.4 is 4.90 Å². The maximum atomic E-state index is 11.7. The normalized spacial score (nSPS) is 18.4. The number of rotatable bonds is 0. The number of hydrogen-bond acceptors (Lipinski definition) is 3. The van der Waals surface area contributed by atoms with E-state index < -0.39 is 11.9 Å². The van der Waals surface area contributed by atoms with Gasteiger partial charge in [-0.3, -0.25) is 4.79 Å². The monoisotopic (exact) mass is 265 g/mol. The van der Waals surface area contributed by atoms with E-state index in [1.165, 1.54) is 4.90 Å². The van der Waals surface area contributed by atoms with Gasteiger partial charge < -0.3 is 10.0 Å². The van der Waals surface area contributed by atoms with Crippen molar-refractivity contribution in [3.8, 4) is 0 Å². The first-order valence-electron chi connectivity index (χ1n) is 5.73. The molecule has 0 aliphatic carbocycles. The van der Waals surface area contributed by atoms with E-state index in [9.17, 15) is 9.59 Å². The smallest absolute Gasteiger partial charge is 0.394 e. The van der Waals surface area contributed by atoms with Crippen LogP contribution in [-0.4, -0.2) is 28.8 Å². The summed E-state index contributed by atoms with van der Waals surface area (Å²) in [6.07, 6.45) is 0. The van der Waals surface area contributed by atoms with Gasteiger partial charge in [0.1, 0.15) is 0 Å². The van der Waals surface area contributed by atoms with Gasteiger partial charge in [-0.15, -0.1) is 11.8 Å². The molecule has 0 fully saturated rings. The van der Waals surface area contributed by atoms with Crippen LogP contribution >= 0.6 is 11.8 Å². The van der Waals surface area contributed by atoms with Crippen molar-refractivity contribution < 1.29 is 14.7 Å². The molecular weight excluding hydrogens is 250 g/mol. The van der Waals surface area contributed by atoms with E-state index in [-0.39, 0.29) is 5.25 Å². The van der Waals surface area contributed by atoms with Gasteiger partial charge in [0.15, 0.2) is 0 Å². The summed E-state index contributed by atoms with van der Waals surface area (Å²) in [5.74, 6) is -2.26. The fourth-order valence-corrected chi connectivity index (χ4v) is 3.19. The van der Waals surface area contributed by atoms with Gasteiger partial charge in [0, 0.05) is 16.7 Å². The molecule has 0 saturated heterocycles. The molecule has 1 amide bonds. The molecular formula is C13H15NO3S.